The molecule has 0 saturated carbocycles. The molecule has 0 unspecified atom stereocenters. The monoisotopic (exact) mass is 444 g/mol. The van der Waals surface area contributed by atoms with Gasteiger partial charge < -0.3 is 14.8 Å². The predicted octanol–water partition coefficient (Wildman–Crippen LogP) is 3.65. The van der Waals surface area contributed by atoms with E-state index in [4.69, 9.17) is 9.47 Å². The first-order valence-electron chi connectivity index (χ1n) is 10.2. The van der Waals surface area contributed by atoms with E-state index in [2.05, 4.69) is 5.32 Å². The van der Waals surface area contributed by atoms with Gasteiger partial charge in [0.15, 0.2) is 6.61 Å². The van der Waals surface area contributed by atoms with E-state index >= 15 is 0 Å². The third-order valence-electron chi connectivity index (χ3n) is 4.90. The molecule has 0 fully saturated rings. The number of ether oxygens (including phenoxy) is 2. The standard InChI is InChI=1S/C25H20N2O6/c28-22(26-17-10-12-19(13-11-17)33-18-6-2-1-3-7-18)16-32-23(29)14-15-27-24(30)20-8-4-5-9-21(20)25(27)31/h1-13H,14-16H2,(H,26,28). The minimum absolute atomic E-state index is 0.115. The topological polar surface area (TPSA) is 102 Å². The highest BCUT2D eigenvalue weighted by atomic mass is 16.5. The minimum atomic E-state index is -0.687. The van der Waals surface area contributed by atoms with Crippen LogP contribution in [0.3, 0.4) is 0 Å². The Morgan fingerprint density at radius 2 is 1.33 bits per heavy atom. The number of carbonyl (C=O) groups is 4. The lowest BCUT2D eigenvalue weighted by molar-refractivity contribution is -0.147. The number of rotatable bonds is 8. The summed E-state index contributed by atoms with van der Waals surface area (Å²) in [6.45, 7) is -0.598. The maximum atomic E-state index is 12.3. The maximum Gasteiger partial charge on any atom is 0.308 e. The van der Waals surface area contributed by atoms with Crippen LogP contribution in [-0.2, 0) is 14.3 Å². The van der Waals surface area contributed by atoms with Crippen molar-refractivity contribution in [1.29, 1.82) is 0 Å². The van der Waals surface area contributed by atoms with E-state index < -0.39 is 30.3 Å². The highest BCUT2D eigenvalue weighted by Gasteiger charge is 2.35. The SMILES string of the molecule is O=C(COC(=O)CCN1C(=O)c2ccccc2C1=O)Nc1ccc(Oc2ccccc2)cc1. The third-order valence-corrected chi connectivity index (χ3v) is 4.90. The van der Waals surface area contributed by atoms with Gasteiger partial charge in [-0.2, -0.15) is 0 Å². The molecule has 1 heterocycles. The summed E-state index contributed by atoms with van der Waals surface area (Å²) in [5.74, 6) is -0.781. The largest absolute Gasteiger partial charge is 0.457 e. The van der Waals surface area contributed by atoms with E-state index in [9.17, 15) is 19.2 Å². The van der Waals surface area contributed by atoms with Gasteiger partial charge in [0.25, 0.3) is 17.7 Å². The van der Waals surface area contributed by atoms with Crippen molar-refractivity contribution in [3.05, 3.63) is 90.0 Å². The van der Waals surface area contributed by atoms with Gasteiger partial charge in [0.1, 0.15) is 11.5 Å². The Hall–Kier alpha value is -4.46. The Morgan fingerprint density at radius 1 is 0.758 bits per heavy atom. The van der Waals surface area contributed by atoms with E-state index in [1.54, 1.807) is 48.5 Å². The summed E-state index contributed by atoms with van der Waals surface area (Å²) < 4.78 is 10.6. The van der Waals surface area contributed by atoms with E-state index in [0.717, 1.165) is 4.90 Å². The van der Waals surface area contributed by atoms with Crippen LogP contribution in [0.5, 0.6) is 11.5 Å². The smallest absolute Gasteiger partial charge is 0.308 e. The van der Waals surface area contributed by atoms with Gasteiger partial charge in [-0.15, -0.1) is 0 Å². The van der Waals surface area contributed by atoms with Crippen molar-refractivity contribution >= 4 is 29.4 Å². The summed E-state index contributed by atoms with van der Waals surface area (Å²) in [4.78, 5) is 49.7. The van der Waals surface area contributed by atoms with Gasteiger partial charge in [0.2, 0.25) is 0 Å². The van der Waals surface area contributed by atoms with Crippen LogP contribution in [0.25, 0.3) is 0 Å². The molecule has 8 nitrogen and oxygen atoms in total. The van der Waals surface area contributed by atoms with E-state index in [1.807, 2.05) is 30.3 Å². The molecule has 3 aromatic carbocycles. The lowest BCUT2D eigenvalue weighted by Crippen LogP contribution is -2.32. The second-order valence-electron chi connectivity index (χ2n) is 7.21. The quantitative estimate of drug-likeness (QED) is 0.420. The fraction of sp³-hybridized carbons (Fsp3) is 0.120. The molecular weight excluding hydrogens is 424 g/mol. The van der Waals surface area contributed by atoms with Crippen LogP contribution in [0.2, 0.25) is 0 Å². The van der Waals surface area contributed by atoms with Crippen LogP contribution in [0, 0.1) is 0 Å². The molecule has 1 N–H and O–H groups in total. The van der Waals surface area contributed by atoms with E-state index in [0.29, 0.717) is 28.3 Å². The molecule has 0 bridgehead atoms. The summed E-state index contributed by atoms with van der Waals surface area (Å²) in [5.41, 5.74) is 1.15. The second-order valence-corrected chi connectivity index (χ2v) is 7.21. The zero-order valence-electron chi connectivity index (χ0n) is 17.5. The van der Waals surface area contributed by atoms with Gasteiger partial charge in [0, 0.05) is 12.2 Å². The predicted molar refractivity (Wildman–Crippen MR) is 119 cm³/mol. The van der Waals surface area contributed by atoms with Crippen molar-refractivity contribution in [3.63, 3.8) is 0 Å². The van der Waals surface area contributed by atoms with Gasteiger partial charge in [-0.3, -0.25) is 24.1 Å². The number of fused-ring (bicyclic) bond motifs is 1. The lowest BCUT2D eigenvalue weighted by atomic mass is 10.1. The molecule has 0 spiro atoms. The molecule has 0 aliphatic carbocycles. The maximum absolute atomic E-state index is 12.3. The Bertz CT molecular complexity index is 1160. The van der Waals surface area contributed by atoms with Gasteiger partial charge in [-0.05, 0) is 48.5 Å². The molecule has 3 aromatic rings. The van der Waals surface area contributed by atoms with Crippen molar-refractivity contribution in [2.24, 2.45) is 0 Å². The average Bonchev–Trinajstić information content (AvgIpc) is 3.08. The molecule has 1 aliphatic rings. The van der Waals surface area contributed by atoms with Crippen LogP contribution in [-0.4, -0.2) is 41.7 Å². The van der Waals surface area contributed by atoms with Crippen LogP contribution < -0.4 is 10.1 Å². The highest BCUT2D eigenvalue weighted by molar-refractivity contribution is 6.21. The first-order valence-corrected chi connectivity index (χ1v) is 10.2. The summed E-state index contributed by atoms with van der Waals surface area (Å²) in [7, 11) is 0. The van der Waals surface area contributed by atoms with Crippen molar-refractivity contribution < 1.29 is 28.7 Å². The van der Waals surface area contributed by atoms with Gasteiger partial charge in [0.05, 0.1) is 17.5 Å². The van der Waals surface area contributed by atoms with Crippen LogP contribution in [0.4, 0.5) is 5.69 Å². The number of para-hydroxylation sites is 1. The average molecular weight is 444 g/mol. The first-order chi connectivity index (χ1) is 16.0. The van der Waals surface area contributed by atoms with Crippen molar-refractivity contribution in [1.82, 2.24) is 4.90 Å². The molecule has 166 valence electrons. The van der Waals surface area contributed by atoms with Crippen molar-refractivity contribution in [3.8, 4) is 11.5 Å². The van der Waals surface area contributed by atoms with Gasteiger partial charge in [-0.1, -0.05) is 30.3 Å². The fourth-order valence-electron chi connectivity index (χ4n) is 3.29. The summed E-state index contributed by atoms with van der Waals surface area (Å²) in [5, 5.41) is 2.62. The summed E-state index contributed by atoms with van der Waals surface area (Å²) >= 11 is 0. The molecule has 0 aromatic heterocycles. The molecule has 8 heteroatoms. The normalized spacial score (nSPS) is 12.3. The van der Waals surface area contributed by atoms with Crippen LogP contribution in [0.1, 0.15) is 27.1 Å². The molecule has 0 atom stereocenters. The number of nitrogens with zero attached hydrogens (tertiary/aromatic N) is 1. The number of imide groups is 1. The minimum Gasteiger partial charge on any atom is -0.457 e. The van der Waals surface area contributed by atoms with Crippen molar-refractivity contribution in [2.75, 3.05) is 18.5 Å². The fourth-order valence-corrected chi connectivity index (χ4v) is 3.29. The van der Waals surface area contributed by atoms with Gasteiger partial charge >= 0.3 is 5.97 Å². The van der Waals surface area contributed by atoms with Crippen LogP contribution >= 0.6 is 0 Å². The third kappa shape index (κ3) is 5.24. The van der Waals surface area contributed by atoms with Crippen molar-refractivity contribution in [2.45, 2.75) is 6.42 Å². The highest BCUT2D eigenvalue weighted by Crippen LogP contribution is 2.23. The molecule has 4 rings (SSSR count). The number of anilines is 1. The number of esters is 1. The van der Waals surface area contributed by atoms with E-state index in [-0.39, 0.29) is 13.0 Å². The zero-order chi connectivity index (χ0) is 23.2. The lowest BCUT2D eigenvalue weighted by Gasteiger charge is -2.13. The number of benzene rings is 3. The number of hydrogen-bond acceptors (Lipinski definition) is 6. The molecule has 0 radical (unpaired) electrons. The molecular formula is C25H20N2O6. The second kappa shape index (κ2) is 9.78. The molecule has 1 aliphatic heterocycles. The Labute approximate surface area is 189 Å². The first kappa shape index (κ1) is 21.8. The molecule has 3 amide bonds. The Kier molecular flexibility index (Phi) is 6.45. The molecule has 0 saturated heterocycles. The zero-order valence-corrected chi connectivity index (χ0v) is 17.5. The van der Waals surface area contributed by atoms with Gasteiger partial charge in [-0.25, -0.2) is 0 Å². The number of hydrogen-bond donors (Lipinski definition) is 1. The summed E-state index contributed by atoms with van der Waals surface area (Å²) in [6, 6.07) is 22.5. The molecule has 33 heavy (non-hydrogen) atoms. The Morgan fingerprint density at radius 3 is 1.97 bits per heavy atom. The summed E-state index contributed by atoms with van der Waals surface area (Å²) in [6.07, 6.45) is -0.204. The number of carbonyl (C=O) groups excluding carboxylic acids is 4. The van der Waals surface area contributed by atoms with Crippen LogP contribution in [0.15, 0.2) is 78.9 Å². The Balaban J connectivity index is 1.20. The number of amides is 3. The number of nitrogens with one attached hydrogen (secondary N) is 1. The van der Waals surface area contributed by atoms with E-state index in [1.165, 1.54) is 0 Å².